The summed E-state index contributed by atoms with van der Waals surface area (Å²) in [5.74, 6) is 0. The highest BCUT2D eigenvalue weighted by atomic mass is 127. The van der Waals surface area contributed by atoms with Crippen LogP contribution >= 0.6 is 90.4 Å². The highest BCUT2D eigenvalue weighted by Gasteiger charge is 2.53. The lowest BCUT2D eigenvalue weighted by molar-refractivity contribution is 0.791. The minimum atomic E-state index is -0.389. The first-order valence-corrected chi connectivity index (χ1v) is 22.4. The molecule has 254 valence electrons. The van der Waals surface area contributed by atoms with Gasteiger partial charge in [-0.1, -0.05) is 97.1 Å². The minimum absolute atomic E-state index is 0.389. The summed E-state index contributed by atoms with van der Waals surface area (Å²) in [4.78, 5) is 0. The Bertz CT molecular complexity index is 2780. The maximum atomic E-state index is 2.53. The van der Waals surface area contributed by atoms with Crippen LogP contribution in [0.1, 0.15) is 44.5 Å². The zero-order chi connectivity index (χ0) is 36.1. The van der Waals surface area contributed by atoms with Crippen LogP contribution in [0.5, 0.6) is 0 Å². The summed E-state index contributed by atoms with van der Waals surface area (Å²) in [6.45, 7) is 0. The quantitative estimate of drug-likeness (QED) is 0.144. The molecule has 0 amide bonds. The van der Waals surface area contributed by atoms with Crippen LogP contribution in [0.3, 0.4) is 0 Å². The second kappa shape index (κ2) is 11.6. The molecule has 0 saturated heterocycles. The summed E-state index contributed by atoms with van der Waals surface area (Å²) in [5.41, 5.74) is 23.5. The molecule has 4 aliphatic rings. The third kappa shape index (κ3) is 4.08. The molecule has 0 aliphatic heterocycles. The molecule has 0 bridgehead atoms. The standard InChI is InChI=1S/C50H26I4/c51-29-11-17-37-33-5-1-3-7-41(33)49(45(37)23-29)43-21-27(9-15-35(43)39-19-13-31(53)25-47(39)49)28-10-16-36-40-20-14-32(54)26-48(40)50(44(36)22-28)42-8-4-2-6-34(42)38-18-12-30(52)24-46(38)50/h1-26H. The van der Waals surface area contributed by atoms with Gasteiger partial charge in [0.1, 0.15) is 0 Å². The van der Waals surface area contributed by atoms with Crippen molar-refractivity contribution in [3.63, 3.8) is 0 Å². The molecule has 8 aromatic carbocycles. The van der Waals surface area contributed by atoms with Gasteiger partial charge in [0.05, 0.1) is 10.8 Å². The van der Waals surface area contributed by atoms with E-state index in [-0.39, 0.29) is 10.8 Å². The van der Waals surface area contributed by atoms with E-state index in [4.69, 9.17) is 0 Å². The highest BCUT2D eigenvalue weighted by Crippen LogP contribution is 2.65. The number of halogens is 4. The molecule has 0 saturated carbocycles. The van der Waals surface area contributed by atoms with E-state index >= 15 is 0 Å². The number of hydrogen-bond donors (Lipinski definition) is 0. The molecule has 2 atom stereocenters. The van der Waals surface area contributed by atoms with E-state index in [9.17, 15) is 0 Å². The van der Waals surface area contributed by atoms with E-state index in [1.54, 1.807) is 0 Å². The molecule has 0 fully saturated rings. The van der Waals surface area contributed by atoms with Gasteiger partial charge in [-0.2, -0.15) is 0 Å². The van der Waals surface area contributed by atoms with Crippen LogP contribution < -0.4 is 0 Å². The highest BCUT2D eigenvalue weighted by molar-refractivity contribution is 14.1. The van der Waals surface area contributed by atoms with Crippen molar-refractivity contribution in [3.05, 3.63) is 217 Å². The molecule has 4 heteroatoms. The van der Waals surface area contributed by atoms with Gasteiger partial charge in [0.2, 0.25) is 0 Å². The molecule has 0 aromatic heterocycles. The molecule has 54 heavy (non-hydrogen) atoms. The lowest BCUT2D eigenvalue weighted by Gasteiger charge is -2.31. The predicted octanol–water partition coefficient (Wildman–Crippen LogP) is 14.5. The number of hydrogen-bond acceptors (Lipinski definition) is 0. The van der Waals surface area contributed by atoms with Crippen LogP contribution in [0, 0.1) is 14.3 Å². The second-order valence-corrected chi connectivity index (χ2v) is 19.9. The minimum Gasteiger partial charge on any atom is -0.0619 e. The van der Waals surface area contributed by atoms with Gasteiger partial charge in [-0.05, 0) is 251 Å². The van der Waals surface area contributed by atoms with E-state index in [1.165, 1.54) is 114 Å². The maximum absolute atomic E-state index is 2.53. The molecule has 4 aliphatic carbocycles. The van der Waals surface area contributed by atoms with Crippen LogP contribution in [0.25, 0.3) is 55.6 Å². The predicted molar refractivity (Wildman–Crippen MR) is 255 cm³/mol. The normalized spacial score (nSPS) is 18.5. The molecule has 12 rings (SSSR count). The van der Waals surface area contributed by atoms with E-state index in [0.717, 1.165) is 0 Å². The summed E-state index contributed by atoms with van der Waals surface area (Å²) in [6.07, 6.45) is 0. The van der Waals surface area contributed by atoms with E-state index in [1.807, 2.05) is 0 Å². The lowest BCUT2D eigenvalue weighted by atomic mass is 9.69. The van der Waals surface area contributed by atoms with E-state index in [2.05, 4.69) is 248 Å². The second-order valence-electron chi connectivity index (χ2n) is 14.9. The molecule has 8 aromatic rings. The molecular weight excluding hydrogens is 1110 g/mol. The number of rotatable bonds is 1. The Labute approximate surface area is 369 Å². The summed E-state index contributed by atoms with van der Waals surface area (Å²) in [7, 11) is 0. The van der Waals surface area contributed by atoms with Crippen LogP contribution in [0.2, 0.25) is 0 Å². The molecule has 2 spiro atoms. The van der Waals surface area contributed by atoms with Crippen LogP contribution in [-0.2, 0) is 10.8 Å². The fourth-order valence-electron chi connectivity index (χ4n) is 10.6. The van der Waals surface area contributed by atoms with Gasteiger partial charge in [-0.15, -0.1) is 0 Å². The number of fused-ring (bicyclic) bond motifs is 20. The van der Waals surface area contributed by atoms with Gasteiger partial charge < -0.3 is 0 Å². The van der Waals surface area contributed by atoms with Crippen molar-refractivity contribution >= 4 is 90.4 Å². The first kappa shape index (κ1) is 32.9. The fraction of sp³-hybridized carbons (Fsp3) is 0.0400. The van der Waals surface area contributed by atoms with Gasteiger partial charge in [-0.3, -0.25) is 0 Å². The van der Waals surface area contributed by atoms with Gasteiger partial charge in [-0.25, -0.2) is 0 Å². The Balaban J connectivity index is 1.14. The first-order chi connectivity index (χ1) is 26.4. The smallest absolute Gasteiger partial charge is 0.0619 e. The first-order valence-electron chi connectivity index (χ1n) is 18.1. The van der Waals surface area contributed by atoms with Gasteiger partial charge in [0.15, 0.2) is 0 Å². The van der Waals surface area contributed by atoms with Crippen LogP contribution in [-0.4, -0.2) is 0 Å². The SMILES string of the molecule is Ic1ccc2c(c1)C1(c3ccccc3-2)c2cc(I)ccc2-c2ccc(-c3ccc4c(c3)C3(c5ccccc5-c5ccc(I)cc53)c3cc(I)ccc3-4)cc21. The van der Waals surface area contributed by atoms with E-state index in [0.29, 0.717) is 0 Å². The zero-order valence-electron chi connectivity index (χ0n) is 28.5. The number of benzene rings is 8. The third-order valence-electron chi connectivity index (χ3n) is 12.5. The Morgan fingerprint density at radius 2 is 0.500 bits per heavy atom. The largest absolute Gasteiger partial charge is 0.0726 e. The van der Waals surface area contributed by atoms with E-state index < -0.39 is 0 Å². The van der Waals surface area contributed by atoms with Crippen LogP contribution in [0.15, 0.2) is 158 Å². The molecule has 2 unspecified atom stereocenters. The van der Waals surface area contributed by atoms with Crippen molar-refractivity contribution < 1.29 is 0 Å². The van der Waals surface area contributed by atoms with Crippen molar-refractivity contribution in [2.24, 2.45) is 0 Å². The zero-order valence-corrected chi connectivity index (χ0v) is 37.2. The van der Waals surface area contributed by atoms with Gasteiger partial charge in [0, 0.05) is 14.3 Å². The van der Waals surface area contributed by atoms with Crippen LogP contribution in [0.4, 0.5) is 0 Å². The van der Waals surface area contributed by atoms with Crippen molar-refractivity contribution in [2.75, 3.05) is 0 Å². The van der Waals surface area contributed by atoms with Crippen molar-refractivity contribution in [1.29, 1.82) is 0 Å². The molecule has 0 nitrogen and oxygen atoms in total. The fourth-order valence-corrected chi connectivity index (χ4v) is 12.6. The van der Waals surface area contributed by atoms with Crippen molar-refractivity contribution in [2.45, 2.75) is 10.8 Å². The maximum Gasteiger partial charge on any atom is 0.0726 e. The summed E-state index contributed by atoms with van der Waals surface area (Å²) in [5, 5.41) is 0. The summed E-state index contributed by atoms with van der Waals surface area (Å²) in [6, 6.07) is 61.1. The van der Waals surface area contributed by atoms with Gasteiger partial charge in [0.25, 0.3) is 0 Å². The Hall–Kier alpha value is -3.32. The van der Waals surface area contributed by atoms with Gasteiger partial charge >= 0.3 is 0 Å². The monoisotopic (exact) mass is 1130 g/mol. The average Bonchev–Trinajstić information content (AvgIpc) is 3.85. The molecule has 0 heterocycles. The molecular formula is C50H26I4. The summed E-state index contributed by atoms with van der Waals surface area (Å²) >= 11 is 10.00. The lowest BCUT2D eigenvalue weighted by Crippen LogP contribution is -2.26. The van der Waals surface area contributed by atoms with Crippen molar-refractivity contribution in [3.8, 4) is 55.6 Å². The Kier molecular flexibility index (Phi) is 7.07. The molecule has 0 N–H and O–H groups in total. The molecule has 0 radical (unpaired) electrons. The van der Waals surface area contributed by atoms with Crippen molar-refractivity contribution in [1.82, 2.24) is 0 Å². The topological polar surface area (TPSA) is 0 Å². The third-order valence-corrected chi connectivity index (χ3v) is 15.2. The summed E-state index contributed by atoms with van der Waals surface area (Å²) < 4.78 is 5.06. The Morgan fingerprint density at radius 3 is 0.833 bits per heavy atom. The Morgan fingerprint density at radius 1 is 0.241 bits per heavy atom. The average molecular weight is 1130 g/mol.